The predicted molar refractivity (Wildman–Crippen MR) is 107 cm³/mol. The Balaban J connectivity index is 1.69. The van der Waals surface area contributed by atoms with E-state index in [1.807, 2.05) is 50.2 Å². The van der Waals surface area contributed by atoms with E-state index in [0.29, 0.717) is 12.1 Å². The third-order valence-corrected chi connectivity index (χ3v) is 5.05. The monoisotopic (exact) mass is 377 g/mol. The highest BCUT2D eigenvalue weighted by molar-refractivity contribution is 5.91. The van der Waals surface area contributed by atoms with Crippen LogP contribution in [0.5, 0.6) is 0 Å². The fourth-order valence-electron chi connectivity index (χ4n) is 3.93. The lowest BCUT2D eigenvalue weighted by atomic mass is 10.1. The van der Waals surface area contributed by atoms with Gasteiger partial charge < -0.3 is 14.6 Å². The van der Waals surface area contributed by atoms with Gasteiger partial charge in [0, 0.05) is 40.8 Å². The summed E-state index contributed by atoms with van der Waals surface area (Å²) in [7, 11) is 0. The molecule has 2 heterocycles. The maximum absolute atomic E-state index is 12.0. The third-order valence-electron chi connectivity index (χ3n) is 5.05. The highest BCUT2D eigenvalue weighted by Gasteiger charge is 2.30. The van der Waals surface area contributed by atoms with Gasteiger partial charge in [-0.1, -0.05) is 6.07 Å². The molecule has 3 aromatic rings. The second-order valence-electron chi connectivity index (χ2n) is 7.43. The molecule has 1 N–H and O–H groups in total. The van der Waals surface area contributed by atoms with Crippen LogP contribution in [0.15, 0.2) is 42.6 Å². The minimum absolute atomic E-state index is 0.0180. The number of fused-ring (bicyclic) bond motifs is 3. The zero-order valence-corrected chi connectivity index (χ0v) is 16.0. The molecule has 6 nitrogen and oxygen atoms in total. The summed E-state index contributed by atoms with van der Waals surface area (Å²) in [5.74, 6) is 0. The van der Waals surface area contributed by atoms with Crippen molar-refractivity contribution >= 4 is 23.3 Å². The summed E-state index contributed by atoms with van der Waals surface area (Å²) in [6.07, 6.45) is 3.55. The van der Waals surface area contributed by atoms with Crippen LogP contribution in [0.25, 0.3) is 10.9 Å². The number of nitrogens with zero attached hydrogens (tertiary/aromatic N) is 2. The van der Waals surface area contributed by atoms with E-state index in [4.69, 9.17) is 4.74 Å². The van der Waals surface area contributed by atoms with Crippen LogP contribution in [0.4, 0.5) is 4.79 Å². The summed E-state index contributed by atoms with van der Waals surface area (Å²) in [5, 5.41) is 4.03. The van der Waals surface area contributed by atoms with E-state index < -0.39 is 0 Å². The van der Waals surface area contributed by atoms with Crippen molar-refractivity contribution in [2.24, 2.45) is 0 Å². The number of amides is 1. The number of aldehydes is 1. The smallest absolute Gasteiger partial charge is 0.407 e. The molecule has 0 saturated carbocycles. The number of nitrogens with one attached hydrogen (secondary N) is 1. The lowest BCUT2D eigenvalue weighted by molar-refractivity contribution is 0.111. The van der Waals surface area contributed by atoms with Gasteiger partial charge in [0.1, 0.15) is 6.29 Å². The number of carbonyl (C=O) groups is 2. The summed E-state index contributed by atoms with van der Waals surface area (Å²) in [6, 6.07) is 11.6. The third kappa shape index (κ3) is 3.50. The van der Waals surface area contributed by atoms with E-state index in [0.717, 1.165) is 35.7 Å². The first-order valence-electron chi connectivity index (χ1n) is 9.51. The van der Waals surface area contributed by atoms with Crippen LogP contribution in [0, 0.1) is 0 Å². The summed E-state index contributed by atoms with van der Waals surface area (Å²) < 4.78 is 7.47. The maximum Gasteiger partial charge on any atom is 0.407 e. The van der Waals surface area contributed by atoms with Crippen molar-refractivity contribution in [2.75, 3.05) is 0 Å². The van der Waals surface area contributed by atoms with Gasteiger partial charge >= 0.3 is 6.09 Å². The lowest BCUT2D eigenvalue weighted by Crippen LogP contribution is -2.37. The first kappa shape index (κ1) is 18.2. The number of benzene rings is 1. The molecule has 1 aliphatic carbocycles. The number of hydrogen-bond donors (Lipinski definition) is 1. The van der Waals surface area contributed by atoms with Crippen LogP contribution in [-0.4, -0.2) is 34.1 Å². The normalized spacial score (nSPS) is 15.6. The lowest BCUT2D eigenvalue weighted by Gasteiger charge is -2.16. The molecule has 1 aromatic carbocycles. The van der Waals surface area contributed by atoms with Crippen LogP contribution in [0.1, 0.15) is 41.2 Å². The summed E-state index contributed by atoms with van der Waals surface area (Å²) in [6.45, 7) is 4.31. The van der Waals surface area contributed by atoms with Crippen LogP contribution in [0.2, 0.25) is 0 Å². The molecule has 0 aliphatic heterocycles. The Bertz CT molecular complexity index is 1020. The van der Waals surface area contributed by atoms with Gasteiger partial charge in [0.15, 0.2) is 0 Å². The molecule has 28 heavy (non-hydrogen) atoms. The number of pyridine rings is 1. The van der Waals surface area contributed by atoms with Gasteiger partial charge in [0.05, 0.1) is 18.3 Å². The summed E-state index contributed by atoms with van der Waals surface area (Å²) in [5.41, 5.74) is 5.07. The molecule has 0 saturated heterocycles. The number of rotatable bonds is 5. The van der Waals surface area contributed by atoms with E-state index in [1.165, 1.54) is 11.3 Å². The van der Waals surface area contributed by atoms with Crippen molar-refractivity contribution in [1.82, 2.24) is 14.9 Å². The number of carbonyl (C=O) groups excluding carboxylic acids is 2. The molecule has 1 atom stereocenters. The van der Waals surface area contributed by atoms with Crippen molar-refractivity contribution < 1.29 is 14.3 Å². The minimum atomic E-state index is -0.390. The Morgan fingerprint density at radius 2 is 2.18 bits per heavy atom. The van der Waals surface area contributed by atoms with Crippen LogP contribution in [0.3, 0.4) is 0 Å². The molecular formula is C22H23N3O3. The molecular weight excluding hydrogens is 354 g/mol. The predicted octanol–water partition coefficient (Wildman–Crippen LogP) is 3.50. The zero-order valence-electron chi connectivity index (χ0n) is 16.0. The molecule has 0 unspecified atom stereocenters. The summed E-state index contributed by atoms with van der Waals surface area (Å²) in [4.78, 5) is 27.7. The average molecular weight is 377 g/mol. The van der Waals surface area contributed by atoms with Gasteiger partial charge in [-0.3, -0.25) is 9.78 Å². The molecule has 0 spiro atoms. The topological polar surface area (TPSA) is 73.2 Å². The van der Waals surface area contributed by atoms with Crippen molar-refractivity contribution in [3.05, 3.63) is 65.1 Å². The highest BCUT2D eigenvalue weighted by Crippen LogP contribution is 2.34. The van der Waals surface area contributed by atoms with Crippen molar-refractivity contribution in [2.45, 2.75) is 45.4 Å². The Morgan fingerprint density at radius 3 is 2.89 bits per heavy atom. The minimum Gasteiger partial charge on any atom is -0.447 e. The fraction of sp³-hybridized carbons (Fsp3) is 0.318. The fourth-order valence-corrected chi connectivity index (χ4v) is 3.93. The molecule has 144 valence electrons. The Hall–Kier alpha value is -3.15. The van der Waals surface area contributed by atoms with E-state index in [9.17, 15) is 9.59 Å². The van der Waals surface area contributed by atoms with Gasteiger partial charge in [-0.15, -0.1) is 0 Å². The molecule has 0 bridgehead atoms. The first-order chi connectivity index (χ1) is 13.5. The molecule has 1 aliphatic rings. The second-order valence-corrected chi connectivity index (χ2v) is 7.43. The van der Waals surface area contributed by atoms with E-state index in [2.05, 4.69) is 14.9 Å². The van der Waals surface area contributed by atoms with Gasteiger partial charge in [-0.2, -0.15) is 0 Å². The van der Waals surface area contributed by atoms with Crippen LogP contribution < -0.4 is 5.32 Å². The van der Waals surface area contributed by atoms with E-state index >= 15 is 0 Å². The average Bonchev–Trinajstić information content (AvgIpc) is 3.19. The molecule has 6 heteroatoms. The van der Waals surface area contributed by atoms with E-state index in [1.54, 1.807) is 6.20 Å². The van der Waals surface area contributed by atoms with Gasteiger partial charge in [-0.25, -0.2) is 4.79 Å². The molecule has 1 amide bonds. The highest BCUT2D eigenvalue weighted by atomic mass is 16.6. The Kier molecular flexibility index (Phi) is 4.86. The van der Waals surface area contributed by atoms with E-state index in [-0.39, 0.29) is 18.2 Å². The number of hydrogen-bond acceptors (Lipinski definition) is 4. The second kappa shape index (κ2) is 7.46. The molecule has 2 aromatic heterocycles. The largest absolute Gasteiger partial charge is 0.447 e. The molecule has 0 fully saturated rings. The van der Waals surface area contributed by atoms with Crippen LogP contribution in [-0.2, 0) is 24.1 Å². The van der Waals surface area contributed by atoms with Crippen molar-refractivity contribution in [3.8, 4) is 0 Å². The number of ether oxygens (including phenoxy) is 1. The van der Waals surface area contributed by atoms with Crippen molar-refractivity contribution in [3.63, 3.8) is 0 Å². The van der Waals surface area contributed by atoms with Crippen LogP contribution >= 0.6 is 0 Å². The SMILES string of the molecule is CC(C)OC(=O)N[C@H]1Cc2c(n(Cc3ccccn3)c3ccc(C=O)cc23)C1. The van der Waals surface area contributed by atoms with Gasteiger partial charge in [-0.05, 0) is 56.2 Å². The Labute approximate surface area is 163 Å². The zero-order chi connectivity index (χ0) is 19.7. The molecule has 0 radical (unpaired) electrons. The number of aromatic nitrogens is 2. The maximum atomic E-state index is 12.0. The molecule has 4 rings (SSSR count). The van der Waals surface area contributed by atoms with Crippen molar-refractivity contribution in [1.29, 1.82) is 0 Å². The number of alkyl carbamates (subject to hydrolysis) is 1. The first-order valence-corrected chi connectivity index (χ1v) is 9.51. The van der Waals surface area contributed by atoms with Gasteiger partial charge in [0.2, 0.25) is 0 Å². The standard InChI is InChI=1S/C22H23N3O3/c1-14(2)28-22(27)24-17-10-19-18-9-15(13-26)6-7-20(18)25(21(19)11-17)12-16-5-3-4-8-23-16/h3-9,13-14,17H,10-12H2,1-2H3,(H,24,27)/t17-/m0/s1. The quantitative estimate of drug-likeness (QED) is 0.691. The van der Waals surface area contributed by atoms with Gasteiger partial charge in [0.25, 0.3) is 0 Å². The Morgan fingerprint density at radius 1 is 1.32 bits per heavy atom. The summed E-state index contributed by atoms with van der Waals surface area (Å²) >= 11 is 0.